The highest BCUT2D eigenvalue weighted by molar-refractivity contribution is 5.77. The summed E-state index contributed by atoms with van der Waals surface area (Å²) < 4.78 is 13.2. The third-order valence-corrected chi connectivity index (χ3v) is 5.23. The highest BCUT2D eigenvalue weighted by Crippen LogP contribution is 2.24. The smallest absolute Gasteiger partial charge is 0.224 e. The number of phenols is 1. The van der Waals surface area contributed by atoms with Crippen molar-refractivity contribution in [1.29, 1.82) is 0 Å². The van der Waals surface area contributed by atoms with E-state index in [2.05, 4.69) is 18.7 Å². The maximum absolute atomic E-state index is 13.2. The van der Waals surface area contributed by atoms with Gasteiger partial charge in [-0.05, 0) is 29.7 Å². The van der Waals surface area contributed by atoms with Crippen LogP contribution in [0.3, 0.4) is 0 Å². The van der Waals surface area contributed by atoms with Crippen LogP contribution < -0.4 is 0 Å². The van der Waals surface area contributed by atoms with Gasteiger partial charge >= 0.3 is 0 Å². The number of para-hydroxylation sites is 1. The first kappa shape index (κ1) is 19.4. The zero-order valence-corrected chi connectivity index (χ0v) is 15.9. The molecule has 0 radical (unpaired) electrons. The summed E-state index contributed by atoms with van der Waals surface area (Å²) in [5.41, 5.74) is 1.81. The molecule has 0 spiro atoms. The summed E-state index contributed by atoms with van der Waals surface area (Å²) in [6.07, 6.45) is 0.442. The van der Waals surface area contributed by atoms with E-state index in [-0.39, 0.29) is 23.5 Å². The fraction of sp³-hybridized carbons (Fsp3) is 0.409. The third-order valence-electron chi connectivity index (χ3n) is 5.23. The molecule has 0 saturated carbocycles. The van der Waals surface area contributed by atoms with Crippen molar-refractivity contribution in [3.05, 3.63) is 65.5 Å². The summed E-state index contributed by atoms with van der Waals surface area (Å²) in [5, 5.41) is 10.1. The zero-order chi connectivity index (χ0) is 19.4. The predicted molar refractivity (Wildman–Crippen MR) is 104 cm³/mol. The molecule has 4 nitrogen and oxygen atoms in total. The van der Waals surface area contributed by atoms with Crippen LogP contribution in [0.15, 0.2) is 48.5 Å². The lowest BCUT2D eigenvalue weighted by molar-refractivity contribution is -0.134. The normalized spacial score (nSPS) is 18.7. The van der Waals surface area contributed by atoms with Gasteiger partial charge in [-0.25, -0.2) is 4.39 Å². The molecule has 0 aromatic heterocycles. The van der Waals surface area contributed by atoms with Gasteiger partial charge in [0.2, 0.25) is 5.91 Å². The lowest BCUT2D eigenvalue weighted by Gasteiger charge is -2.35. The second-order valence-electron chi connectivity index (χ2n) is 7.57. The summed E-state index contributed by atoms with van der Waals surface area (Å²) >= 11 is 0. The van der Waals surface area contributed by atoms with E-state index < -0.39 is 0 Å². The minimum atomic E-state index is -0.268. The molecule has 27 heavy (non-hydrogen) atoms. The Balaban J connectivity index is 1.78. The van der Waals surface area contributed by atoms with Crippen LogP contribution in [0, 0.1) is 11.7 Å². The van der Waals surface area contributed by atoms with Crippen molar-refractivity contribution < 1.29 is 14.3 Å². The number of hydrogen-bond acceptors (Lipinski definition) is 3. The molecule has 0 unspecified atom stereocenters. The first-order valence-corrected chi connectivity index (χ1v) is 9.47. The standard InChI is InChI=1S/C22H27FN2O2/c1-16(2)20-15-24(14-18-5-3-4-6-21(18)26)12-11-22(27)25(20)13-17-7-9-19(23)10-8-17/h3-10,16,20,26H,11-15H2,1-2H3/t20-/m0/s1. The van der Waals surface area contributed by atoms with E-state index in [1.807, 2.05) is 23.1 Å². The maximum Gasteiger partial charge on any atom is 0.224 e. The molecule has 1 atom stereocenters. The molecular formula is C22H27FN2O2. The molecule has 1 heterocycles. The molecule has 5 heteroatoms. The molecule has 1 aliphatic heterocycles. The van der Waals surface area contributed by atoms with Gasteiger partial charge in [-0.1, -0.05) is 44.2 Å². The van der Waals surface area contributed by atoms with Gasteiger partial charge in [0.05, 0.1) is 0 Å². The summed E-state index contributed by atoms with van der Waals surface area (Å²) in [7, 11) is 0. The fourth-order valence-corrected chi connectivity index (χ4v) is 3.63. The SMILES string of the molecule is CC(C)[C@@H]1CN(Cc2ccccc2O)CCC(=O)N1Cc1ccc(F)cc1. The van der Waals surface area contributed by atoms with Crippen LogP contribution in [0.1, 0.15) is 31.4 Å². The van der Waals surface area contributed by atoms with Crippen molar-refractivity contribution in [3.63, 3.8) is 0 Å². The van der Waals surface area contributed by atoms with E-state index in [0.717, 1.165) is 17.7 Å². The molecule has 0 aliphatic carbocycles. The van der Waals surface area contributed by atoms with Gasteiger partial charge in [0.15, 0.2) is 0 Å². The van der Waals surface area contributed by atoms with E-state index in [4.69, 9.17) is 0 Å². The molecule has 1 aliphatic rings. The van der Waals surface area contributed by atoms with Crippen LogP contribution in [0.25, 0.3) is 0 Å². The molecule has 1 amide bonds. The van der Waals surface area contributed by atoms with E-state index in [1.54, 1.807) is 18.2 Å². The van der Waals surface area contributed by atoms with Gasteiger partial charge in [0.1, 0.15) is 11.6 Å². The van der Waals surface area contributed by atoms with Crippen molar-refractivity contribution in [2.45, 2.75) is 39.4 Å². The van der Waals surface area contributed by atoms with Crippen molar-refractivity contribution in [2.75, 3.05) is 13.1 Å². The van der Waals surface area contributed by atoms with Crippen LogP contribution in [-0.2, 0) is 17.9 Å². The largest absolute Gasteiger partial charge is 0.508 e. The zero-order valence-electron chi connectivity index (χ0n) is 15.9. The Morgan fingerprint density at radius 3 is 2.48 bits per heavy atom. The number of amides is 1. The maximum atomic E-state index is 13.2. The molecule has 144 valence electrons. The second kappa shape index (κ2) is 8.53. The lowest BCUT2D eigenvalue weighted by Crippen LogP contribution is -2.45. The van der Waals surface area contributed by atoms with Gasteiger partial charge in [-0.2, -0.15) is 0 Å². The van der Waals surface area contributed by atoms with E-state index in [9.17, 15) is 14.3 Å². The molecule has 1 N–H and O–H groups in total. The van der Waals surface area contributed by atoms with Gasteiger partial charge < -0.3 is 10.0 Å². The summed E-state index contributed by atoms with van der Waals surface area (Å²) in [4.78, 5) is 17.0. The number of benzene rings is 2. The topological polar surface area (TPSA) is 43.8 Å². The minimum Gasteiger partial charge on any atom is -0.508 e. The highest BCUT2D eigenvalue weighted by Gasteiger charge is 2.31. The number of hydrogen-bond donors (Lipinski definition) is 1. The fourth-order valence-electron chi connectivity index (χ4n) is 3.63. The van der Waals surface area contributed by atoms with E-state index in [0.29, 0.717) is 32.0 Å². The molecule has 3 rings (SSSR count). The van der Waals surface area contributed by atoms with Gasteiger partial charge in [-0.3, -0.25) is 9.69 Å². The Labute approximate surface area is 160 Å². The summed E-state index contributed by atoms with van der Waals surface area (Å²) in [5.74, 6) is 0.435. The first-order valence-electron chi connectivity index (χ1n) is 9.47. The molecule has 2 aromatic rings. The molecule has 2 aromatic carbocycles. The Morgan fingerprint density at radius 2 is 1.81 bits per heavy atom. The first-order chi connectivity index (χ1) is 12.9. The average molecular weight is 370 g/mol. The Hall–Kier alpha value is -2.40. The van der Waals surface area contributed by atoms with Crippen LogP contribution in [0.5, 0.6) is 5.75 Å². The Kier molecular flexibility index (Phi) is 6.11. The predicted octanol–water partition coefficient (Wildman–Crippen LogP) is 3.79. The lowest BCUT2D eigenvalue weighted by atomic mass is 10.0. The number of carbonyl (C=O) groups excluding carboxylic acids is 1. The van der Waals surface area contributed by atoms with Crippen LogP contribution in [0.2, 0.25) is 0 Å². The van der Waals surface area contributed by atoms with Gasteiger partial charge in [-0.15, -0.1) is 0 Å². The monoisotopic (exact) mass is 370 g/mol. The number of phenolic OH excluding ortho intramolecular Hbond substituents is 1. The average Bonchev–Trinajstić information content (AvgIpc) is 2.79. The number of rotatable bonds is 5. The summed E-state index contributed by atoms with van der Waals surface area (Å²) in [6.45, 7) is 6.77. The minimum absolute atomic E-state index is 0.0657. The number of halogens is 1. The quantitative estimate of drug-likeness (QED) is 0.871. The number of nitrogens with zero attached hydrogens (tertiary/aromatic N) is 2. The van der Waals surface area contributed by atoms with Crippen LogP contribution in [-0.4, -0.2) is 39.9 Å². The van der Waals surface area contributed by atoms with Gasteiger partial charge in [0, 0.05) is 44.2 Å². The van der Waals surface area contributed by atoms with E-state index in [1.165, 1.54) is 12.1 Å². The summed E-state index contributed by atoms with van der Waals surface area (Å²) in [6, 6.07) is 13.8. The van der Waals surface area contributed by atoms with Crippen LogP contribution in [0.4, 0.5) is 4.39 Å². The number of aromatic hydroxyl groups is 1. The van der Waals surface area contributed by atoms with Gasteiger partial charge in [0.25, 0.3) is 0 Å². The van der Waals surface area contributed by atoms with Crippen molar-refractivity contribution in [2.24, 2.45) is 5.92 Å². The van der Waals surface area contributed by atoms with Crippen molar-refractivity contribution in [1.82, 2.24) is 9.80 Å². The van der Waals surface area contributed by atoms with E-state index >= 15 is 0 Å². The Morgan fingerprint density at radius 1 is 1.11 bits per heavy atom. The third kappa shape index (κ3) is 4.86. The molecular weight excluding hydrogens is 343 g/mol. The molecule has 1 saturated heterocycles. The van der Waals surface area contributed by atoms with Crippen molar-refractivity contribution >= 4 is 5.91 Å². The molecule has 1 fully saturated rings. The number of carbonyl (C=O) groups is 1. The van der Waals surface area contributed by atoms with Crippen LogP contribution >= 0.6 is 0 Å². The highest BCUT2D eigenvalue weighted by atomic mass is 19.1. The second-order valence-corrected chi connectivity index (χ2v) is 7.57. The molecule has 0 bridgehead atoms. The Bertz CT molecular complexity index is 776. The van der Waals surface area contributed by atoms with Crippen molar-refractivity contribution in [3.8, 4) is 5.75 Å².